The second-order valence-corrected chi connectivity index (χ2v) is 4.79. The summed E-state index contributed by atoms with van der Waals surface area (Å²) in [5, 5.41) is 0. The van der Waals surface area contributed by atoms with Crippen molar-refractivity contribution in [3.8, 4) is 5.75 Å². The summed E-state index contributed by atoms with van der Waals surface area (Å²) in [6.07, 6.45) is 1.01. The number of ether oxygens (including phenoxy) is 2. The predicted octanol–water partition coefficient (Wildman–Crippen LogP) is 2.68. The summed E-state index contributed by atoms with van der Waals surface area (Å²) in [6, 6.07) is 7.87. The van der Waals surface area contributed by atoms with Crippen LogP contribution in [0.5, 0.6) is 5.75 Å². The quantitative estimate of drug-likeness (QED) is 0.827. The van der Waals surface area contributed by atoms with Crippen LogP contribution in [0.25, 0.3) is 0 Å². The molecule has 1 atom stereocenters. The Morgan fingerprint density at radius 3 is 2.53 bits per heavy atom. The van der Waals surface area contributed by atoms with E-state index in [1.54, 1.807) is 7.11 Å². The third-order valence-corrected chi connectivity index (χ3v) is 2.79. The number of rotatable bonds is 6. The summed E-state index contributed by atoms with van der Waals surface area (Å²) in [5.41, 5.74) is 6.93. The molecule has 0 bridgehead atoms. The summed E-state index contributed by atoms with van der Waals surface area (Å²) in [6.45, 7) is 6.71. The zero-order valence-corrected chi connectivity index (χ0v) is 11.2. The van der Waals surface area contributed by atoms with Gasteiger partial charge in [-0.1, -0.05) is 18.2 Å². The van der Waals surface area contributed by atoms with Gasteiger partial charge in [0.25, 0.3) is 0 Å². The van der Waals surface area contributed by atoms with E-state index in [4.69, 9.17) is 15.2 Å². The average Bonchev–Trinajstić information content (AvgIpc) is 2.28. The van der Waals surface area contributed by atoms with Crippen LogP contribution >= 0.6 is 0 Å². The van der Waals surface area contributed by atoms with Crippen LogP contribution in [-0.2, 0) is 10.3 Å². The van der Waals surface area contributed by atoms with Crippen molar-refractivity contribution in [3.63, 3.8) is 0 Å². The van der Waals surface area contributed by atoms with E-state index >= 15 is 0 Å². The molecule has 0 fully saturated rings. The molecule has 3 nitrogen and oxygen atoms in total. The molecule has 0 spiro atoms. The molecule has 0 aliphatic carbocycles. The molecule has 0 aliphatic rings. The molecule has 0 radical (unpaired) electrons. The van der Waals surface area contributed by atoms with Gasteiger partial charge < -0.3 is 15.2 Å². The molecule has 0 saturated heterocycles. The molecule has 2 N–H and O–H groups in total. The molecule has 17 heavy (non-hydrogen) atoms. The molecule has 0 saturated carbocycles. The summed E-state index contributed by atoms with van der Waals surface area (Å²) in [7, 11) is 1.67. The van der Waals surface area contributed by atoms with E-state index in [2.05, 4.69) is 0 Å². The molecule has 3 heteroatoms. The summed E-state index contributed by atoms with van der Waals surface area (Å²) in [4.78, 5) is 0. The second-order valence-electron chi connectivity index (χ2n) is 4.79. The van der Waals surface area contributed by atoms with E-state index in [1.165, 1.54) is 0 Å². The smallest absolute Gasteiger partial charge is 0.123 e. The SMILES string of the molecule is COc1ccccc1C(C)(N)CCOC(C)C. The van der Waals surface area contributed by atoms with Gasteiger partial charge in [-0.15, -0.1) is 0 Å². The van der Waals surface area contributed by atoms with Crippen molar-refractivity contribution in [1.29, 1.82) is 0 Å². The van der Waals surface area contributed by atoms with Gasteiger partial charge >= 0.3 is 0 Å². The van der Waals surface area contributed by atoms with Crippen molar-refractivity contribution in [2.45, 2.75) is 38.8 Å². The number of hydrogen-bond acceptors (Lipinski definition) is 3. The Hall–Kier alpha value is -1.06. The number of benzene rings is 1. The Morgan fingerprint density at radius 2 is 1.94 bits per heavy atom. The lowest BCUT2D eigenvalue weighted by atomic mass is 9.89. The molecule has 1 aromatic carbocycles. The third-order valence-electron chi connectivity index (χ3n) is 2.79. The molecular formula is C14H23NO2. The van der Waals surface area contributed by atoms with Crippen molar-refractivity contribution < 1.29 is 9.47 Å². The fraction of sp³-hybridized carbons (Fsp3) is 0.571. The van der Waals surface area contributed by atoms with Crippen LogP contribution in [0.1, 0.15) is 32.8 Å². The van der Waals surface area contributed by atoms with Crippen molar-refractivity contribution in [3.05, 3.63) is 29.8 Å². The topological polar surface area (TPSA) is 44.5 Å². The standard InChI is InChI=1S/C14H23NO2/c1-11(2)17-10-9-14(3,15)12-7-5-6-8-13(12)16-4/h5-8,11H,9-10,15H2,1-4H3. The molecule has 0 amide bonds. The highest BCUT2D eigenvalue weighted by atomic mass is 16.5. The van der Waals surface area contributed by atoms with Gasteiger partial charge in [0.05, 0.1) is 13.2 Å². The Bertz CT molecular complexity index is 348. The number of nitrogens with two attached hydrogens (primary N) is 1. The van der Waals surface area contributed by atoms with Crippen LogP contribution in [0.2, 0.25) is 0 Å². The number of methoxy groups -OCH3 is 1. The Labute approximate surface area is 104 Å². The zero-order valence-electron chi connectivity index (χ0n) is 11.2. The summed E-state index contributed by atoms with van der Waals surface area (Å²) < 4.78 is 10.9. The molecule has 0 aliphatic heterocycles. The fourth-order valence-corrected chi connectivity index (χ4v) is 1.76. The van der Waals surface area contributed by atoms with E-state index in [-0.39, 0.29) is 6.10 Å². The van der Waals surface area contributed by atoms with E-state index in [0.29, 0.717) is 6.61 Å². The maximum atomic E-state index is 6.34. The van der Waals surface area contributed by atoms with Crippen LogP contribution in [-0.4, -0.2) is 19.8 Å². The van der Waals surface area contributed by atoms with E-state index in [0.717, 1.165) is 17.7 Å². The molecule has 1 aromatic rings. The van der Waals surface area contributed by atoms with Gasteiger partial charge in [-0.25, -0.2) is 0 Å². The molecule has 1 rings (SSSR count). The van der Waals surface area contributed by atoms with Crippen LogP contribution in [0.3, 0.4) is 0 Å². The van der Waals surface area contributed by atoms with E-state index in [9.17, 15) is 0 Å². The first-order valence-electron chi connectivity index (χ1n) is 6.01. The Kier molecular flexibility index (Phi) is 4.97. The average molecular weight is 237 g/mol. The van der Waals surface area contributed by atoms with E-state index < -0.39 is 5.54 Å². The van der Waals surface area contributed by atoms with Crippen LogP contribution in [0, 0.1) is 0 Å². The van der Waals surface area contributed by atoms with Crippen molar-refractivity contribution in [1.82, 2.24) is 0 Å². The van der Waals surface area contributed by atoms with Crippen molar-refractivity contribution >= 4 is 0 Å². The fourth-order valence-electron chi connectivity index (χ4n) is 1.76. The highest BCUT2D eigenvalue weighted by Crippen LogP contribution is 2.30. The van der Waals surface area contributed by atoms with Crippen molar-refractivity contribution in [2.75, 3.05) is 13.7 Å². The Balaban J connectivity index is 2.74. The monoisotopic (exact) mass is 237 g/mol. The molecule has 96 valence electrons. The number of para-hydroxylation sites is 1. The molecular weight excluding hydrogens is 214 g/mol. The molecule has 0 aromatic heterocycles. The van der Waals surface area contributed by atoms with Gasteiger partial charge in [0.1, 0.15) is 5.75 Å². The first kappa shape index (κ1) is 14.0. The first-order valence-corrected chi connectivity index (χ1v) is 6.01. The van der Waals surface area contributed by atoms with Crippen LogP contribution in [0.4, 0.5) is 0 Å². The maximum Gasteiger partial charge on any atom is 0.123 e. The summed E-state index contributed by atoms with van der Waals surface area (Å²) in [5.74, 6) is 0.835. The van der Waals surface area contributed by atoms with Crippen LogP contribution in [0.15, 0.2) is 24.3 Å². The van der Waals surface area contributed by atoms with Gasteiger partial charge in [-0.2, -0.15) is 0 Å². The minimum atomic E-state index is -0.429. The normalized spacial score (nSPS) is 14.7. The molecule has 0 heterocycles. The van der Waals surface area contributed by atoms with Gasteiger partial charge in [-0.05, 0) is 33.3 Å². The van der Waals surface area contributed by atoms with Gasteiger partial charge in [-0.3, -0.25) is 0 Å². The van der Waals surface area contributed by atoms with Gasteiger partial charge in [0, 0.05) is 17.7 Å². The largest absolute Gasteiger partial charge is 0.496 e. The van der Waals surface area contributed by atoms with Gasteiger partial charge in [0.2, 0.25) is 0 Å². The first-order chi connectivity index (χ1) is 7.97. The zero-order chi connectivity index (χ0) is 12.9. The highest BCUT2D eigenvalue weighted by Gasteiger charge is 2.24. The Morgan fingerprint density at radius 1 is 1.29 bits per heavy atom. The predicted molar refractivity (Wildman–Crippen MR) is 70.2 cm³/mol. The molecule has 1 unspecified atom stereocenters. The van der Waals surface area contributed by atoms with Gasteiger partial charge in [0.15, 0.2) is 0 Å². The second kappa shape index (κ2) is 6.03. The lowest BCUT2D eigenvalue weighted by Crippen LogP contribution is -2.35. The lowest BCUT2D eigenvalue weighted by molar-refractivity contribution is 0.0658. The number of hydrogen-bond donors (Lipinski definition) is 1. The third kappa shape index (κ3) is 4.02. The van der Waals surface area contributed by atoms with E-state index in [1.807, 2.05) is 45.0 Å². The maximum absolute atomic E-state index is 6.34. The highest BCUT2D eigenvalue weighted by molar-refractivity contribution is 5.38. The summed E-state index contributed by atoms with van der Waals surface area (Å²) >= 11 is 0. The lowest BCUT2D eigenvalue weighted by Gasteiger charge is -2.27. The minimum Gasteiger partial charge on any atom is -0.496 e. The minimum absolute atomic E-state index is 0.239. The van der Waals surface area contributed by atoms with Crippen molar-refractivity contribution in [2.24, 2.45) is 5.73 Å². The van der Waals surface area contributed by atoms with Crippen LogP contribution < -0.4 is 10.5 Å².